The van der Waals surface area contributed by atoms with Gasteiger partial charge in [-0.3, -0.25) is 0 Å². The molecule has 4 rings (SSSR count). The molecule has 3 aliphatic rings. The second-order valence-electron chi connectivity index (χ2n) is 5.23. The molecule has 1 N–H and O–H groups in total. The lowest BCUT2D eigenvalue weighted by Gasteiger charge is -2.51. The SMILES string of the molecule is c1ccc2c(c1)N[C@]13CCCC[C@]21OCCO3. The van der Waals surface area contributed by atoms with E-state index in [-0.39, 0.29) is 11.3 Å². The van der Waals surface area contributed by atoms with E-state index in [1.165, 1.54) is 24.1 Å². The van der Waals surface area contributed by atoms with Crippen LogP contribution in [0.4, 0.5) is 5.69 Å². The molecule has 2 heterocycles. The third kappa shape index (κ3) is 1.09. The Morgan fingerprint density at radius 2 is 1.82 bits per heavy atom. The molecule has 1 aromatic carbocycles. The lowest BCUT2D eigenvalue weighted by molar-refractivity contribution is -0.264. The van der Waals surface area contributed by atoms with Crippen LogP contribution in [0.2, 0.25) is 0 Å². The van der Waals surface area contributed by atoms with Crippen LogP contribution >= 0.6 is 0 Å². The number of ether oxygens (including phenoxy) is 2. The number of benzene rings is 1. The fourth-order valence-electron chi connectivity index (χ4n) is 3.75. The molecule has 0 bridgehead atoms. The van der Waals surface area contributed by atoms with Crippen molar-refractivity contribution in [1.82, 2.24) is 0 Å². The standard InChI is InChI=1S/C14H17NO2/c1-2-6-12-11(5-1)13-7-3-4-8-14(13,15-12)17-10-9-16-13/h1-2,5-6,15H,3-4,7-10H2/t13-,14-/m0/s1. The van der Waals surface area contributed by atoms with Crippen LogP contribution in [0.5, 0.6) is 0 Å². The first-order valence-corrected chi connectivity index (χ1v) is 6.52. The van der Waals surface area contributed by atoms with Gasteiger partial charge in [0, 0.05) is 11.3 Å². The molecule has 1 saturated heterocycles. The van der Waals surface area contributed by atoms with Gasteiger partial charge in [0.25, 0.3) is 0 Å². The fourth-order valence-corrected chi connectivity index (χ4v) is 3.75. The van der Waals surface area contributed by atoms with Gasteiger partial charge in [-0.1, -0.05) is 18.2 Å². The highest BCUT2D eigenvalue weighted by Crippen LogP contribution is 2.57. The molecule has 90 valence electrons. The van der Waals surface area contributed by atoms with Crippen LogP contribution in [-0.2, 0) is 15.1 Å². The van der Waals surface area contributed by atoms with Crippen molar-refractivity contribution in [2.24, 2.45) is 0 Å². The summed E-state index contributed by atoms with van der Waals surface area (Å²) in [6, 6.07) is 8.49. The first-order valence-electron chi connectivity index (χ1n) is 6.52. The molecular formula is C14H17NO2. The van der Waals surface area contributed by atoms with Crippen molar-refractivity contribution < 1.29 is 9.47 Å². The summed E-state index contributed by atoms with van der Waals surface area (Å²) in [6.07, 6.45) is 4.55. The molecule has 1 aliphatic carbocycles. The minimum Gasteiger partial charge on any atom is -0.363 e. The first-order chi connectivity index (χ1) is 8.36. The van der Waals surface area contributed by atoms with E-state index in [1.807, 2.05) is 0 Å². The van der Waals surface area contributed by atoms with Crippen molar-refractivity contribution in [3.8, 4) is 0 Å². The van der Waals surface area contributed by atoms with E-state index in [0.29, 0.717) is 13.2 Å². The quantitative estimate of drug-likeness (QED) is 0.744. The Hall–Kier alpha value is -1.06. The van der Waals surface area contributed by atoms with Crippen LogP contribution in [0.1, 0.15) is 31.2 Å². The van der Waals surface area contributed by atoms with Crippen LogP contribution < -0.4 is 5.32 Å². The monoisotopic (exact) mass is 231 g/mol. The zero-order valence-corrected chi connectivity index (χ0v) is 9.87. The minimum atomic E-state index is -0.298. The van der Waals surface area contributed by atoms with E-state index in [2.05, 4.69) is 29.6 Å². The number of hydrogen-bond acceptors (Lipinski definition) is 3. The fraction of sp³-hybridized carbons (Fsp3) is 0.571. The smallest absolute Gasteiger partial charge is 0.172 e. The van der Waals surface area contributed by atoms with E-state index >= 15 is 0 Å². The summed E-state index contributed by atoms with van der Waals surface area (Å²) in [5, 5.41) is 3.60. The number of nitrogens with one attached hydrogen (secondary N) is 1. The molecule has 0 spiro atoms. The summed E-state index contributed by atoms with van der Waals surface area (Å²) in [7, 11) is 0. The Bertz CT molecular complexity index is 445. The minimum absolute atomic E-state index is 0.236. The summed E-state index contributed by atoms with van der Waals surface area (Å²) < 4.78 is 12.4. The molecule has 2 aliphatic heterocycles. The summed E-state index contributed by atoms with van der Waals surface area (Å²) in [5.41, 5.74) is 1.95. The van der Waals surface area contributed by atoms with Gasteiger partial charge >= 0.3 is 0 Å². The van der Waals surface area contributed by atoms with Gasteiger partial charge in [0.2, 0.25) is 0 Å². The third-order valence-electron chi connectivity index (χ3n) is 4.44. The van der Waals surface area contributed by atoms with Gasteiger partial charge in [-0.15, -0.1) is 0 Å². The predicted molar refractivity (Wildman–Crippen MR) is 64.8 cm³/mol. The molecule has 0 unspecified atom stereocenters. The highest BCUT2D eigenvalue weighted by Gasteiger charge is 2.62. The summed E-state index contributed by atoms with van der Waals surface area (Å²) >= 11 is 0. The Morgan fingerprint density at radius 3 is 2.82 bits per heavy atom. The van der Waals surface area contributed by atoms with Gasteiger partial charge < -0.3 is 14.8 Å². The van der Waals surface area contributed by atoms with E-state index in [4.69, 9.17) is 9.47 Å². The lowest BCUT2D eigenvalue weighted by atomic mass is 9.74. The van der Waals surface area contributed by atoms with Crippen molar-refractivity contribution >= 4 is 5.69 Å². The van der Waals surface area contributed by atoms with Crippen LogP contribution in [-0.4, -0.2) is 18.9 Å². The molecule has 0 aromatic heterocycles. The van der Waals surface area contributed by atoms with Crippen molar-refractivity contribution in [1.29, 1.82) is 0 Å². The Morgan fingerprint density at radius 1 is 1.00 bits per heavy atom. The van der Waals surface area contributed by atoms with Gasteiger partial charge in [0.15, 0.2) is 5.72 Å². The maximum Gasteiger partial charge on any atom is 0.172 e. The Balaban J connectivity index is 1.93. The van der Waals surface area contributed by atoms with Gasteiger partial charge in [-0.2, -0.15) is 0 Å². The number of fused-ring (bicyclic) bond motifs is 1. The van der Waals surface area contributed by atoms with Crippen molar-refractivity contribution in [3.05, 3.63) is 29.8 Å². The summed E-state index contributed by atoms with van der Waals surface area (Å²) in [6.45, 7) is 1.40. The van der Waals surface area contributed by atoms with Crippen LogP contribution in [0.3, 0.4) is 0 Å². The van der Waals surface area contributed by atoms with Crippen LogP contribution in [0, 0.1) is 0 Å². The molecule has 0 radical (unpaired) electrons. The number of hydrogen-bond donors (Lipinski definition) is 1. The molecule has 1 aromatic rings. The van der Waals surface area contributed by atoms with E-state index in [9.17, 15) is 0 Å². The van der Waals surface area contributed by atoms with Gasteiger partial charge in [0.1, 0.15) is 5.60 Å². The largest absolute Gasteiger partial charge is 0.363 e. The zero-order valence-electron chi connectivity index (χ0n) is 9.87. The maximum atomic E-state index is 6.22. The summed E-state index contributed by atoms with van der Waals surface area (Å²) in [4.78, 5) is 0. The average molecular weight is 231 g/mol. The Labute approximate surface area is 101 Å². The predicted octanol–water partition coefficient (Wildman–Crippen LogP) is 2.62. The van der Waals surface area contributed by atoms with Crippen molar-refractivity contribution in [2.75, 3.05) is 18.5 Å². The Kier molecular flexibility index (Phi) is 1.89. The second kappa shape index (κ2) is 3.24. The highest BCUT2D eigenvalue weighted by atomic mass is 16.6. The number of para-hydroxylation sites is 1. The molecule has 1 saturated carbocycles. The number of anilines is 1. The molecule has 3 nitrogen and oxygen atoms in total. The molecule has 0 amide bonds. The van der Waals surface area contributed by atoms with Gasteiger partial charge in [-0.25, -0.2) is 0 Å². The van der Waals surface area contributed by atoms with Gasteiger partial charge in [-0.05, 0) is 31.7 Å². The maximum absolute atomic E-state index is 6.22. The van der Waals surface area contributed by atoms with Crippen molar-refractivity contribution in [2.45, 2.75) is 37.0 Å². The second-order valence-corrected chi connectivity index (χ2v) is 5.23. The molecule has 17 heavy (non-hydrogen) atoms. The summed E-state index contributed by atoms with van der Waals surface area (Å²) in [5.74, 6) is 0. The normalized spacial score (nSPS) is 38.8. The number of rotatable bonds is 0. The van der Waals surface area contributed by atoms with Crippen LogP contribution in [0.25, 0.3) is 0 Å². The van der Waals surface area contributed by atoms with E-state index < -0.39 is 0 Å². The first kappa shape index (κ1) is 9.92. The van der Waals surface area contributed by atoms with Gasteiger partial charge in [0.05, 0.1) is 13.2 Å². The van der Waals surface area contributed by atoms with E-state index in [1.54, 1.807) is 0 Å². The molecular weight excluding hydrogens is 214 g/mol. The highest BCUT2D eigenvalue weighted by molar-refractivity contribution is 5.63. The average Bonchev–Trinajstić information content (AvgIpc) is 2.69. The molecule has 2 atom stereocenters. The third-order valence-corrected chi connectivity index (χ3v) is 4.44. The zero-order chi connectivity index (χ0) is 11.3. The molecule has 3 heteroatoms. The molecule has 2 fully saturated rings. The van der Waals surface area contributed by atoms with Crippen LogP contribution in [0.15, 0.2) is 24.3 Å². The topological polar surface area (TPSA) is 30.5 Å². The van der Waals surface area contributed by atoms with E-state index in [0.717, 1.165) is 12.8 Å². The lowest BCUT2D eigenvalue weighted by Crippen LogP contribution is -2.61. The van der Waals surface area contributed by atoms with Crippen molar-refractivity contribution in [3.63, 3.8) is 0 Å².